The van der Waals surface area contributed by atoms with E-state index in [9.17, 15) is 9.18 Å². The van der Waals surface area contributed by atoms with Crippen molar-refractivity contribution in [3.8, 4) is 0 Å². The lowest BCUT2D eigenvalue weighted by Crippen LogP contribution is -2.37. The van der Waals surface area contributed by atoms with E-state index in [4.69, 9.17) is 11.6 Å². The number of amides is 1. The molecule has 1 amide bonds. The topological polar surface area (TPSA) is 69.3 Å². The molecule has 4 aromatic rings. The number of nitrogens with zero attached hydrogens (tertiary/aromatic N) is 2. The minimum absolute atomic E-state index is 0.230. The Hall–Kier alpha value is -3.68. The molecule has 0 saturated carbocycles. The Morgan fingerprint density at radius 3 is 2.57 bits per heavy atom. The third kappa shape index (κ3) is 7.41. The van der Waals surface area contributed by atoms with Gasteiger partial charge in [-0.1, -0.05) is 48.9 Å². The Bertz CT molecular complexity index is 1330. The molecular formula is C29H31ClFN5O. The summed E-state index contributed by atoms with van der Waals surface area (Å²) >= 11 is 6.09. The first kappa shape index (κ1) is 26.4. The van der Waals surface area contributed by atoms with Gasteiger partial charge in [0, 0.05) is 55.0 Å². The maximum atomic E-state index is 13.9. The van der Waals surface area contributed by atoms with Crippen molar-refractivity contribution < 1.29 is 9.18 Å². The van der Waals surface area contributed by atoms with Crippen LogP contribution in [-0.2, 0) is 6.54 Å². The van der Waals surface area contributed by atoms with Gasteiger partial charge >= 0.3 is 0 Å². The Balaban J connectivity index is 1.27. The average Bonchev–Trinajstić information content (AvgIpc) is 2.91. The van der Waals surface area contributed by atoms with Crippen molar-refractivity contribution >= 4 is 39.8 Å². The normalized spacial score (nSPS) is 11.0. The van der Waals surface area contributed by atoms with Crippen molar-refractivity contribution in [2.24, 2.45) is 0 Å². The molecule has 37 heavy (non-hydrogen) atoms. The van der Waals surface area contributed by atoms with Crippen LogP contribution in [0.25, 0.3) is 10.9 Å². The Morgan fingerprint density at radius 1 is 0.946 bits per heavy atom. The van der Waals surface area contributed by atoms with E-state index in [-0.39, 0.29) is 11.7 Å². The summed E-state index contributed by atoms with van der Waals surface area (Å²) in [4.78, 5) is 19.5. The van der Waals surface area contributed by atoms with Crippen LogP contribution >= 0.6 is 11.6 Å². The second-order valence-corrected chi connectivity index (χ2v) is 9.10. The number of benzene rings is 3. The lowest BCUT2D eigenvalue weighted by atomic mass is 10.1. The monoisotopic (exact) mass is 519 g/mol. The smallest absolute Gasteiger partial charge is 0.253 e. The first-order valence-electron chi connectivity index (χ1n) is 12.4. The number of hydrogen-bond donors (Lipinski definition) is 3. The van der Waals surface area contributed by atoms with Crippen LogP contribution in [0.3, 0.4) is 0 Å². The summed E-state index contributed by atoms with van der Waals surface area (Å²) in [7, 11) is 0. The summed E-state index contributed by atoms with van der Waals surface area (Å²) in [5, 5.41) is 11.3. The number of hydrogen-bond acceptors (Lipinski definition) is 5. The first-order chi connectivity index (χ1) is 18.0. The standard InChI is InChI=1S/C29H31ClFN5O/c1-2-36(16-14-33-26-12-13-32-27-18-22(30)8-10-24(26)27)17-15-34-29(37)25-11-9-23(31)19-28(25)35-20-21-6-4-3-5-7-21/h3-13,18-19,35H,2,14-17,20H2,1H3,(H,32,33)(H,34,37). The van der Waals surface area contributed by atoms with E-state index in [1.165, 1.54) is 18.2 Å². The molecule has 0 saturated heterocycles. The number of anilines is 2. The largest absolute Gasteiger partial charge is 0.383 e. The van der Waals surface area contributed by atoms with Crippen molar-refractivity contribution in [1.29, 1.82) is 0 Å². The van der Waals surface area contributed by atoms with Gasteiger partial charge in [0.1, 0.15) is 5.82 Å². The van der Waals surface area contributed by atoms with Gasteiger partial charge in [-0.2, -0.15) is 0 Å². The van der Waals surface area contributed by atoms with Crippen molar-refractivity contribution in [2.45, 2.75) is 13.5 Å². The zero-order chi connectivity index (χ0) is 26.0. The third-order valence-corrected chi connectivity index (χ3v) is 6.40. The molecule has 0 aliphatic carbocycles. The lowest BCUT2D eigenvalue weighted by molar-refractivity contribution is 0.0949. The maximum Gasteiger partial charge on any atom is 0.253 e. The molecule has 3 aromatic carbocycles. The highest BCUT2D eigenvalue weighted by Crippen LogP contribution is 2.24. The van der Waals surface area contributed by atoms with Gasteiger partial charge in [-0.3, -0.25) is 9.78 Å². The van der Waals surface area contributed by atoms with Crippen LogP contribution in [0.1, 0.15) is 22.8 Å². The minimum Gasteiger partial charge on any atom is -0.383 e. The number of pyridine rings is 1. The molecule has 4 rings (SSSR count). The Labute approximate surface area is 221 Å². The molecule has 0 spiro atoms. The molecule has 192 valence electrons. The van der Waals surface area contributed by atoms with Gasteiger partial charge < -0.3 is 20.9 Å². The third-order valence-electron chi connectivity index (χ3n) is 6.16. The molecule has 0 unspecified atom stereocenters. The zero-order valence-corrected chi connectivity index (χ0v) is 21.6. The van der Waals surface area contributed by atoms with Crippen LogP contribution < -0.4 is 16.0 Å². The fourth-order valence-corrected chi connectivity index (χ4v) is 4.30. The van der Waals surface area contributed by atoms with Crippen LogP contribution in [0, 0.1) is 5.82 Å². The molecule has 6 nitrogen and oxygen atoms in total. The highest BCUT2D eigenvalue weighted by molar-refractivity contribution is 6.31. The molecule has 0 bridgehead atoms. The van der Waals surface area contributed by atoms with Gasteiger partial charge in [0.25, 0.3) is 5.91 Å². The van der Waals surface area contributed by atoms with Gasteiger partial charge in [-0.15, -0.1) is 0 Å². The fraction of sp³-hybridized carbons (Fsp3) is 0.241. The molecule has 3 N–H and O–H groups in total. The minimum atomic E-state index is -0.387. The summed E-state index contributed by atoms with van der Waals surface area (Å²) in [6.07, 6.45) is 1.77. The van der Waals surface area contributed by atoms with Gasteiger partial charge in [0.05, 0.1) is 16.8 Å². The van der Waals surface area contributed by atoms with E-state index >= 15 is 0 Å². The van der Waals surface area contributed by atoms with Crippen molar-refractivity contribution in [2.75, 3.05) is 43.4 Å². The molecule has 1 aromatic heterocycles. The van der Waals surface area contributed by atoms with E-state index in [0.29, 0.717) is 35.9 Å². The molecule has 1 heterocycles. The molecule has 0 radical (unpaired) electrons. The lowest BCUT2D eigenvalue weighted by Gasteiger charge is -2.21. The van der Waals surface area contributed by atoms with Crippen LogP contribution in [0.5, 0.6) is 0 Å². The quantitative estimate of drug-likeness (QED) is 0.220. The maximum absolute atomic E-state index is 13.9. The van der Waals surface area contributed by atoms with E-state index in [0.717, 1.165) is 41.8 Å². The molecular weight excluding hydrogens is 489 g/mol. The van der Waals surface area contributed by atoms with Crippen LogP contribution in [-0.4, -0.2) is 48.5 Å². The number of fused-ring (bicyclic) bond motifs is 1. The summed E-state index contributed by atoms with van der Waals surface area (Å²) in [5.74, 6) is -0.617. The summed E-state index contributed by atoms with van der Waals surface area (Å²) < 4.78 is 13.9. The number of carbonyl (C=O) groups excluding carboxylic acids is 1. The number of rotatable bonds is 12. The summed E-state index contributed by atoms with van der Waals surface area (Å²) in [5.41, 5.74) is 3.81. The van der Waals surface area contributed by atoms with Crippen molar-refractivity contribution in [3.63, 3.8) is 0 Å². The van der Waals surface area contributed by atoms with Crippen LogP contribution in [0.4, 0.5) is 15.8 Å². The van der Waals surface area contributed by atoms with Gasteiger partial charge in [-0.05, 0) is 54.6 Å². The second kappa shape index (κ2) is 13.0. The van der Waals surface area contributed by atoms with Crippen molar-refractivity contribution in [3.05, 3.63) is 101 Å². The predicted molar refractivity (Wildman–Crippen MR) is 150 cm³/mol. The zero-order valence-electron chi connectivity index (χ0n) is 20.8. The Kier molecular flexibility index (Phi) is 9.29. The molecule has 0 aliphatic rings. The Morgan fingerprint density at radius 2 is 1.76 bits per heavy atom. The van der Waals surface area contributed by atoms with E-state index in [1.54, 1.807) is 6.20 Å². The predicted octanol–water partition coefficient (Wildman–Crippen LogP) is 5.80. The SMILES string of the molecule is CCN(CCNC(=O)c1ccc(F)cc1NCc1ccccc1)CCNc1ccnc2cc(Cl)ccc12. The van der Waals surface area contributed by atoms with Gasteiger partial charge in [0.15, 0.2) is 0 Å². The fourth-order valence-electron chi connectivity index (χ4n) is 4.13. The van der Waals surface area contributed by atoms with Gasteiger partial charge in [-0.25, -0.2) is 4.39 Å². The van der Waals surface area contributed by atoms with Crippen LogP contribution in [0.2, 0.25) is 5.02 Å². The number of likely N-dealkylation sites (N-methyl/N-ethyl adjacent to an activating group) is 1. The summed E-state index contributed by atoms with van der Waals surface area (Å²) in [6, 6.07) is 21.6. The molecule has 0 aliphatic heterocycles. The highest BCUT2D eigenvalue weighted by atomic mass is 35.5. The number of halogens is 2. The summed E-state index contributed by atoms with van der Waals surface area (Å²) in [6.45, 7) is 6.19. The van der Waals surface area contributed by atoms with E-state index in [1.807, 2.05) is 54.6 Å². The molecule has 0 atom stereocenters. The van der Waals surface area contributed by atoms with Crippen molar-refractivity contribution in [1.82, 2.24) is 15.2 Å². The van der Waals surface area contributed by atoms with Crippen LogP contribution in [0.15, 0.2) is 79.0 Å². The first-order valence-corrected chi connectivity index (χ1v) is 12.8. The second-order valence-electron chi connectivity index (χ2n) is 8.67. The molecule has 0 fully saturated rings. The van der Waals surface area contributed by atoms with E-state index < -0.39 is 0 Å². The number of carbonyl (C=O) groups is 1. The molecule has 8 heteroatoms. The highest BCUT2D eigenvalue weighted by Gasteiger charge is 2.13. The number of aromatic nitrogens is 1. The average molecular weight is 520 g/mol. The van der Waals surface area contributed by atoms with E-state index in [2.05, 4.69) is 32.8 Å². The number of nitrogens with one attached hydrogen (secondary N) is 3. The van der Waals surface area contributed by atoms with Gasteiger partial charge in [0.2, 0.25) is 0 Å².